The smallest absolute Gasteiger partial charge is 0.325 e. The Morgan fingerprint density at radius 3 is 2.57 bits per heavy atom. The Bertz CT molecular complexity index is 447. The van der Waals surface area contributed by atoms with Crippen molar-refractivity contribution in [1.29, 1.82) is 0 Å². The van der Waals surface area contributed by atoms with Crippen LogP contribution in [0.3, 0.4) is 0 Å². The number of carbonyl (C=O) groups excluding carboxylic acids is 3. The van der Waals surface area contributed by atoms with Gasteiger partial charge in [0.05, 0.1) is 0 Å². The number of rotatable bonds is 4. The number of amides is 4. The van der Waals surface area contributed by atoms with Crippen LogP contribution in [0.5, 0.6) is 0 Å². The Kier molecular flexibility index (Phi) is 4.54. The lowest BCUT2D eigenvalue weighted by atomic mass is 9.73. The highest BCUT2D eigenvalue weighted by molar-refractivity contribution is 6.09. The minimum Gasteiger partial charge on any atom is -0.342 e. The van der Waals surface area contributed by atoms with Gasteiger partial charge in [0.25, 0.3) is 5.91 Å². The molecule has 1 saturated heterocycles. The molecule has 2 rings (SSSR count). The molecule has 0 radical (unpaired) electrons. The van der Waals surface area contributed by atoms with Gasteiger partial charge in [-0.2, -0.15) is 0 Å². The average Bonchev–Trinajstić information content (AvgIpc) is 2.69. The van der Waals surface area contributed by atoms with E-state index in [9.17, 15) is 14.4 Å². The zero-order valence-electron chi connectivity index (χ0n) is 13.1. The second kappa shape index (κ2) is 6.03. The lowest BCUT2D eigenvalue weighted by Gasteiger charge is -2.36. The van der Waals surface area contributed by atoms with E-state index in [0.717, 1.165) is 24.2 Å². The molecule has 0 unspecified atom stereocenters. The molecule has 1 N–H and O–H groups in total. The lowest BCUT2D eigenvalue weighted by Crippen LogP contribution is -2.54. The van der Waals surface area contributed by atoms with Gasteiger partial charge in [-0.15, -0.1) is 0 Å². The molecule has 0 aromatic heterocycles. The van der Waals surface area contributed by atoms with Crippen LogP contribution in [0, 0.1) is 5.92 Å². The standard InChI is InChI=1S/C15H25N3O3/c1-4-17(5-2)12(19)10-18-13(20)15(16-14(18)21)9-7-6-8-11(15)3/h11H,4-10H2,1-3H3,(H,16,21)/t11-,15+/m1/s1. The van der Waals surface area contributed by atoms with Crippen molar-refractivity contribution >= 4 is 17.8 Å². The topological polar surface area (TPSA) is 69.7 Å². The predicted octanol–water partition coefficient (Wildman–Crippen LogP) is 1.36. The second-order valence-corrected chi connectivity index (χ2v) is 6.01. The highest BCUT2D eigenvalue weighted by atomic mass is 16.2. The molecule has 21 heavy (non-hydrogen) atoms. The highest BCUT2D eigenvalue weighted by Crippen LogP contribution is 2.38. The van der Waals surface area contributed by atoms with E-state index < -0.39 is 11.6 Å². The third-order valence-corrected chi connectivity index (χ3v) is 4.91. The Morgan fingerprint density at radius 2 is 2.00 bits per heavy atom. The van der Waals surface area contributed by atoms with Crippen LogP contribution in [0.2, 0.25) is 0 Å². The van der Waals surface area contributed by atoms with Gasteiger partial charge in [0, 0.05) is 13.1 Å². The first-order valence-electron chi connectivity index (χ1n) is 7.88. The molecule has 2 fully saturated rings. The quantitative estimate of drug-likeness (QED) is 0.796. The Labute approximate surface area is 125 Å². The number of imide groups is 1. The molecular weight excluding hydrogens is 270 g/mol. The lowest BCUT2D eigenvalue weighted by molar-refractivity contribution is -0.140. The molecule has 2 aliphatic rings. The summed E-state index contributed by atoms with van der Waals surface area (Å²) in [4.78, 5) is 39.8. The van der Waals surface area contributed by atoms with Crippen LogP contribution in [0.1, 0.15) is 46.5 Å². The van der Waals surface area contributed by atoms with Gasteiger partial charge in [-0.25, -0.2) is 4.79 Å². The van der Waals surface area contributed by atoms with Crippen LogP contribution in [-0.4, -0.2) is 52.8 Å². The van der Waals surface area contributed by atoms with Crippen LogP contribution in [-0.2, 0) is 9.59 Å². The first kappa shape index (κ1) is 15.8. The van der Waals surface area contributed by atoms with Crippen molar-refractivity contribution in [1.82, 2.24) is 15.1 Å². The molecule has 1 aliphatic heterocycles. The summed E-state index contributed by atoms with van der Waals surface area (Å²) in [5.41, 5.74) is -0.779. The van der Waals surface area contributed by atoms with Crippen molar-refractivity contribution in [3.63, 3.8) is 0 Å². The van der Waals surface area contributed by atoms with E-state index in [2.05, 4.69) is 5.32 Å². The van der Waals surface area contributed by atoms with Crippen molar-refractivity contribution < 1.29 is 14.4 Å². The van der Waals surface area contributed by atoms with Gasteiger partial charge in [-0.1, -0.05) is 19.8 Å². The van der Waals surface area contributed by atoms with Crippen molar-refractivity contribution in [2.75, 3.05) is 19.6 Å². The number of urea groups is 1. The van der Waals surface area contributed by atoms with E-state index in [-0.39, 0.29) is 24.3 Å². The molecule has 1 heterocycles. The second-order valence-electron chi connectivity index (χ2n) is 6.01. The third-order valence-electron chi connectivity index (χ3n) is 4.91. The summed E-state index contributed by atoms with van der Waals surface area (Å²) in [5.74, 6) is -0.277. The fourth-order valence-corrected chi connectivity index (χ4v) is 3.45. The normalized spacial score (nSPS) is 28.9. The molecule has 6 nitrogen and oxygen atoms in total. The van der Waals surface area contributed by atoms with E-state index in [4.69, 9.17) is 0 Å². The molecule has 1 spiro atoms. The zero-order chi connectivity index (χ0) is 15.6. The molecule has 1 aliphatic carbocycles. The number of nitrogens with zero attached hydrogens (tertiary/aromatic N) is 2. The molecule has 1 saturated carbocycles. The number of nitrogens with one attached hydrogen (secondary N) is 1. The Morgan fingerprint density at radius 1 is 1.33 bits per heavy atom. The van der Waals surface area contributed by atoms with Gasteiger partial charge in [-0.05, 0) is 32.6 Å². The highest BCUT2D eigenvalue weighted by Gasteiger charge is 2.55. The number of likely N-dealkylation sites (N-methyl/N-ethyl adjacent to an activating group) is 1. The van der Waals surface area contributed by atoms with Crippen LogP contribution in [0.4, 0.5) is 4.79 Å². The summed E-state index contributed by atoms with van der Waals surface area (Å²) < 4.78 is 0. The molecular formula is C15H25N3O3. The Hall–Kier alpha value is -1.59. The summed E-state index contributed by atoms with van der Waals surface area (Å²) in [6.07, 6.45) is 3.64. The zero-order valence-corrected chi connectivity index (χ0v) is 13.1. The van der Waals surface area contributed by atoms with E-state index >= 15 is 0 Å². The molecule has 4 amide bonds. The van der Waals surface area contributed by atoms with Gasteiger partial charge >= 0.3 is 6.03 Å². The summed E-state index contributed by atoms with van der Waals surface area (Å²) in [5, 5.41) is 2.87. The summed E-state index contributed by atoms with van der Waals surface area (Å²) in [6, 6.07) is -0.422. The van der Waals surface area contributed by atoms with Crippen molar-refractivity contribution in [3.8, 4) is 0 Å². The van der Waals surface area contributed by atoms with Crippen LogP contribution < -0.4 is 5.32 Å². The third kappa shape index (κ3) is 2.63. The molecule has 2 atom stereocenters. The van der Waals surface area contributed by atoms with Gasteiger partial charge in [0.2, 0.25) is 5.91 Å². The fourth-order valence-electron chi connectivity index (χ4n) is 3.45. The molecule has 0 aromatic rings. The maximum absolute atomic E-state index is 12.7. The van der Waals surface area contributed by atoms with Crippen LogP contribution in [0.15, 0.2) is 0 Å². The molecule has 0 aromatic carbocycles. The van der Waals surface area contributed by atoms with Gasteiger partial charge in [-0.3, -0.25) is 14.5 Å². The summed E-state index contributed by atoms with van der Waals surface area (Å²) in [6.45, 7) is 6.80. The minimum absolute atomic E-state index is 0.122. The summed E-state index contributed by atoms with van der Waals surface area (Å²) >= 11 is 0. The molecule has 6 heteroatoms. The van der Waals surface area contributed by atoms with Gasteiger partial charge in [0.1, 0.15) is 12.1 Å². The molecule has 118 valence electrons. The van der Waals surface area contributed by atoms with Crippen molar-refractivity contribution in [2.45, 2.75) is 52.0 Å². The average molecular weight is 295 g/mol. The Balaban J connectivity index is 2.13. The maximum atomic E-state index is 12.7. The van der Waals surface area contributed by atoms with E-state index in [0.29, 0.717) is 19.5 Å². The van der Waals surface area contributed by atoms with E-state index in [1.54, 1.807) is 4.90 Å². The van der Waals surface area contributed by atoms with Crippen molar-refractivity contribution in [2.24, 2.45) is 5.92 Å². The van der Waals surface area contributed by atoms with Gasteiger partial charge in [0.15, 0.2) is 0 Å². The summed E-state index contributed by atoms with van der Waals surface area (Å²) in [7, 11) is 0. The van der Waals surface area contributed by atoms with E-state index in [1.807, 2.05) is 20.8 Å². The first-order chi connectivity index (χ1) is 9.96. The SMILES string of the molecule is CCN(CC)C(=O)CN1C(=O)N[C@]2(CCCC[C@H]2C)C1=O. The van der Waals surface area contributed by atoms with E-state index in [1.165, 1.54) is 0 Å². The number of hydrogen-bond donors (Lipinski definition) is 1. The van der Waals surface area contributed by atoms with Crippen LogP contribution in [0.25, 0.3) is 0 Å². The number of hydrogen-bond acceptors (Lipinski definition) is 3. The largest absolute Gasteiger partial charge is 0.342 e. The van der Waals surface area contributed by atoms with Crippen molar-refractivity contribution in [3.05, 3.63) is 0 Å². The minimum atomic E-state index is -0.779. The fraction of sp³-hybridized carbons (Fsp3) is 0.800. The first-order valence-corrected chi connectivity index (χ1v) is 7.88. The van der Waals surface area contributed by atoms with Gasteiger partial charge < -0.3 is 10.2 Å². The molecule has 0 bridgehead atoms. The van der Waals surface area contributed by atoms with Crippen LogP contribution >= 0.6 is 0 Å². The maximum Gasteiger partial charge on any atom is 0.325 e. The monoisotopic (exact) mass is 295 g/mol. The number of carbonyl (C=O) groups is 3. The predicted molar refractivity (Wildman–Crippen MR) is 78.5 cm³/mol.